The maximum absolute atomic E-state index is 14.7. The van der Waals surface area contributed by atoms with E-state index in [4.69, 9.17) is 16.2 Å². The van der Waals surface area contributed by atoms with Crippen molar-refractivity contribution >= 4 is 23.8 Å². The van der Waals surface area contributed by atoms with Crippen LogP contribution in [-0.2, 0) is 45.0 Å². The Labute approximate surface area is 306 Å². The smallest absolute Gasteiger partial charge is 0.423 e. The van der Waals surface area contributed by atoms with Crippen molar-refractivity contribution in [3.8, 4) is 0 Å². The van der Waals surface area contributed by atoms with Crippen LogP contribution >= 0.6 is 0 Å². The van der Waals surface area contributed by atoms with Gasteiger partial charge in [0.1, 0.15) is 12.6 Å². The van der Waals surface area contributed by atoms with Crippen molar-refractivity contribution in [2.24, 2.45) is 23.3 Å². The molecule has 0 bridgehead atoms. The van der Waals surface area contributed by atoms with Crippen molar-refractivity contribution in [1.82, 2.24) is 10.2 Å². The van der Waals surface area contributed by atoms with E-state index in [9.17, 15) is 24.3 Å². The van der Waals surface area contributed by atoms with E-state index in [1.807, 2.05) is 86.6 Å². The van der Waals surface area contributed by atoms with E-state index in [-0.39, 0.29) is 31.8 Å². The molecule has 0 aliphatic heterocycles. The molecule has 4 aromatic carbocycles. The Morgan fingerprint density at radius 3 is 1.62 bits per heavy atom. The van der Waals surface area contributed by atoms with Gasteiger partial charge in [-0.1, -0.05) is 135 Å². The highest BCUT2D eigenvalue weighted by atomic mass is 16.6. The Balaban J connectivity index is 1.70. The number of aliphatic hydroxyl groups is 1. The monoisotopic (exact) mass is 706 g/mol. The van der Waals surface area contributed by atoms with Crippen molar-refractivity contribution in [2.45, 2.75) is 76.8 Å². The fourth-order valence-electron chi connectivity index (χ4n) is 6.01. The van der Waals surface area contributed by atoms with Crippen LogP contribution in [0.25, 0.3) is 0 Å². The SMILES string of the molecule is CC(C)C[C@H](N)C(=O)N[C@@H](Cc1ccccc1)C(=O)N(C(=O)OCc1ccccc1)C(=O)[C@H](Cc1ccccc1)C[C@H](O)[C@@H](N)Cc1ccccc1. The third-order valence-corrected chi connectivity index (χ3v) is 8.80. The van der Waals surface area contributed by atoms with Crippen LogP contribution in [0.4, 0.5) is 4.79 Å². The van der Waals surface area contributed by atoms with Crippen molar-refractivity contribution < 1.29 is 29.0 Å². The van der Waals surface area contributed by atoms with Gasteiger partial charge in [0.15, 0.2) is 0 Å². The number of hydrogen-bond donors (Lipinski definition) is 4. The quantitative estimate of drug-likeness (QED) is 0.120. The lowest BCUT2D eigenvalue weighted by Crippen LogP contribution is -2.57. The normalized spacial score (nSPS) is 14.0. The summed E-state index contributed by atoms with van der Waals surface area (Å²) in [4.78, 5) is 57.1. The molecule has 0 heterocycles. The van der Waals surface area contributed by atoms with E-state index in [2.05, 4.69) is 5.32 Å². The van der Waals surface area contributed by atoms with Gasteiger partial charge in [0.25, 0.3) is 5.91 Å². The molecule has 10 nitrogen and oxygen atoms in total. The van der Waals surface area contributed by atoms with Crippen molar-refractivity contribution in [3.63, 3.8) is 0 Å². The highest BCUT2D eigenvalue weighted by Gasteiger charge is 2.40. The molecule has 6 N–H and O–H groups in total. The number of nitrogens with one attached hydrogen (secondary N) is 1. The minimum atomic E-state index is -1.34. The molecule has 4 aromatic rings. The Kier molecular flexibility index (Phi) is 15.3. The molecule has 0 radical (unpaired) electrons. The first-order valence-electron chi connectivity index (χ1n) is 17.7. The Bertz CT molecular complexity index is 1710. The summed E-state index contributed by atoms with van der Waals surface area (Å²) in [6.07, 6.45) is -1.73. The first kappa shape index (κ1) is 39.6. The summed E-state index contributed by atoms with van der Waals surface area (Å²) in [5, 5.41) is 14.1. The molecule has 0 aliphatic rings. The zero-order valence-corrected chi connectivity index (χ0v) is 29.8. The predicted octanol–water partition coefficient (Wildman–Crippen LogP) is 4.96. The standard InChI is InChI=1S/C42H50N4O6/c1-29(2)23-36(44)39(48)45-37(26-32-19-11-5-12-20-32)41(50)46(42(51)52-28-33-21-13-6-14-22-33)40(49)34(24-30-15-7-3-8-16-30)27-38(47)35(43)25-31-17-9-4-10-18-31/h3-22,29,34-38,47H,23-28,43-44H2,1-2H3,(H,45,48)/t34-,35+,36+,37+,38+/m1/s1. The summed E-state index contributed by atoms with van der Waals surface area (Å²) in [6.45, 7) is 3.64. The first-order valence-corrected chi connectivity index (χ1v) is 17.7. The van der Waals surface area contributed by atoms with E-state index in [0.29, 0.717) is 28.9 Å². The average molecular weight is 707 g/mol. The predicted molar refractivity (Wildman–Crippen MR) is 200 cm³/mol. The molecule has 274 valence electrons. The van der Waals surface area contributed by atoms with Gasteiger partial charge in [0.2, 0.25) is 11.8 Å². The third kappa shape index (κ3) is 12.3. The number of amides is 4. The summed E-state index contributed by atoms with van der Waals surface area (Å²) >= 11 is 0. The molecule has 0 fully saturated rings. The summed E-state index contributed by atoms with van der Waals surface area (Å²) in [5.74, 6) is -3.40. The number of ether oxygens (including phenoxy) is 1. The minimum absolute atomic E-state index is 0.0243. The number of imide groups is 3. The highest BCUT2D eigenvalue weighted by molar-refractivity contribution is 6.11. The molecule has 10 heteroatoms. The lowest BCUT2D eigenvalue weighted by molar-refractivity contribution is -0.148. The molecular formula is C42H50N4O6. The van der Waals surface area contributed by atoms with Crippen LogP contribution in [-0.4, -0.2) is 58.1 Å². The number of benzene rings is 4. The number of carbonyl (C=O) groups excluding carboxylic acids is 4. The van der Waals surface area contributed by atoms with E-state index in [1.54, 1.807) is 48.5 Å². The molecular weight excluding hydrogens is 656 g/mol. The van der Waals surface area contributed by atoms with E-state index in [0.717, 1.165) is 11.1 Å². The minimum Gasteiger partial charge on any atom is -0.444 e. The number of aliphatic hydroxyl groups excluding tert-OH is 1. The van der Waals surface area contributed by atoms with Crippen molar-refractivity contribution in [1.29, 1.82) is 0 Å². The fraction of sp³-hybridized carbons (Fsp3) is 0.333. The van der Waals surface area contributed by atoms with Gasteiger partial charge in [-0.25, -0.2) is 4.79 Å². The van der Waals surface area contributed by atoms with Crippen molar-refractivity contribution in [2.75, 3.05) is 0 Å². The second-order valence-electron chi connectivity index (χ2n) is 13.6. The Hall–Kier alpha value is -5.16. The number of rotatable bonds is 17. The second kappa shape index (κ2) is 20.0. The average Bonchev–Trinajstić information content (AvgIpc) is 3.14. The van der Waals surface area contributed by atoms with E-state index >= 15 is 0 Å². The van der Waals surface area contributed by atoms with Gasteiger partial charge in [-0.3, -0.25) is 14.4 Å². The van der Waals surface area contributed by atoms with Crippen LogP contribution in [0.1, 0.15) is 48.9 Å². The molecule has 5 atom stereocenters. The zero-order chi connectivity index (χ0) is 37.5. The summed E-state index contributed by atoms with van der Waals surface area (Å²) < 4.78 is 5.59. The van der Waals surface area contributed by atoms with E-state index < -0.39 is 54.0 Å². The van der Waals surface area contributed by atoms with Crippen LogP contribution in [0.15, 0.2) is 121 Å². The van der Waals surface area contributed by atoms with Crippen LogP contribution in [0, 0.1) is 11.8 Å². The molecule has 0 aliphatic carbocycles. The summed E-state index contributed by atoms with van der Waals surface area (Å²) in [6, 6.07) is 33.4. The lowest BCUT2D eigenvalue weighted by atomic mass is 9.88. The molecule has 0 aromatic heterocycles. The number of nitrogens with zero attached hydrogens (tertiary/aromatic N) is 1. The molecule has 4 amide bonds. The highest BCUT2D eigenvalue weighted by Crippen LogP contribution is 2.22. The number of carbonyl (C=O) groups is 4. The largest absolute Gasteiger partial charge is 0.444 e. The summed E-state index contributed by atoms with van der Waals surface area (Å²) in [5.41, 5.74) is 15.7. The molecule has 52 heavy (non-hydrogen) atoms. The Morgan fingerprint density at radius 2 is 1.12 bits per heavy atom. The van der Waals surface area contributed by atoms with Gasteiger partial charge in [-0.2, -0.15) is 4.90 Å². The van der Waals surface area contributed by atoms with Crippen molar-refractivity contribution in [3.05, 3.63) is 144 Å². The lowest BCUT2D eigenvalue weighted by Gasteiger charge is -2.30. The van der Waals surface area contributed by atoms with E-state index in [1.165, 1.54) is 0 Å². The third-order valence-electron chi connectivity index (χ3n) is 8.80. The number of nitrogens with two attached hydrogens (primary N) is 2. The second-order valence-corrected chi connectivity index (χ2v) is 13.6. The summed E-state index contributed by atoms with van der Waals surface area (Å²) in [7, 11) is 0. The van der Waals surface area contributed by atoms with Crippen LogP contribution in [0.3, 0.4) is 0 Å². The molecule has 0 saturated heterocycles. The van der Waals surface area contributed by atoms with Gasteiger partial charge in [-0.05, 0) is 53.9 Å². The van der Waals surface area contributed by atoms with Crippen LogP contribution in [0.2, 0.25) is 0 Å². The maximum atomic E-state index is 14.7. The van der Waals surface area contributed by atoms with Gasteiger partial charge in [-0.15, -0.1) is 0 Å². The van der Waals surface area contributed by atoms with Gasteiger partial charge in [0, 0.05) is 18.4 Å². The number of hydrogen-bond acceptors (Lipinski definition) is 8. The maximum Gasteiger partial charge on any atom is 0.423 e. The van der Waals surface area contributed by atoms with Gasteiger partial charge < -0.3 is 26.6 Å². The van der Waals surface area contributed by atoms with Gasteiger partial charge in [0.05, 0.1) is 12.1 Å². The zero-order valence-electron chi connectivity index (χ0n) is 29.8. The molecule has 4 rings (SSSR count). The first-order chi connectivity index (χ1) is 25.0. The molecule has 0 saturated carbocycles. The molecule has 0 spiro atoms. The Morgan fingerprint density at radius 1 is 0.654 bits per heavy atom. The fourth-order valence-corrected chi connectivity index (χ4v) is 6.01. The van der Waals surface area contributed by atoms with Gasteiger partial charge >= 0.3 is 6.09 Å². The van der Waals surface area contributed by atoms with Crippen LogP contribution in [0.5, 0.6) is 0 Å². The van der Waals surface area contributed by atoms with Crippen LogP contribution < -0.4 is 16.8 Å². The topological polar surface area (TPSA) is 165 Å². The molecule has 0 unspecified atom stereocenters.